The SMILES string of the molecule is CC(=O)c1ccc(C(=O)NCC(c2ccco2)N(C)C)s1. The molecule has 2 heterocycles. The molecule has 0 bridgehead atoms. The average molecular weight is 306 g/mol. The van der Waals surface area contributed by atoms with E-state index in [2.05, 4.69) is 5.32 Å². The van der Waals surface area contributed by atoms with E-state index < -0.39 is 0 Å². The molecule has 2 aromatic heterocycles. The van der Waals surface area contributed by atoms with E-state index in [0.29, 0.717) is 16.3 Å². The van der Waals surface area contributed by atoms with Gasteiger partial charge < -0.3 is 9.73 Å². The van der Waals surface area contributed by atoms with Gasteiger partial charge in [0.2, 0.25) is 0 Å². The van der Waals surface area contributed by atoms with Crippen LogP contribution < -0.4 is 5.32 Å². The van der Waals surface area contributed by atoms with Gasteiger partial charge >= 0.3 is 0 Å². The second kappa shape index (κ2) is 6.69. The van der Waals surface area contributed by atoms with Gasteiger partial charge in [-0.05, 0) is 45.3 Å². The fraction of sp³-hybridized carbons (Fsp3) is 0.333. The van der Waals surface area contributed by atoms with Crippen molar-refractivity contribution in [3.63, 3.8) is 0 Å². The highest BCUT2D eigenvalue weighted by molar-refractivity contribution is 7.15. The maximum atomic E-state index is 12.1. The number of carbonyl (C=O) groups is 2. The molecule has 0 aliphatic heterocycles. The van der Waals surface area contributed by atoms with Gasteiger partial charge in [-0.15, -0.1) is 11.3 Å². The van der Waals surface area contributed by atoms with Crippen molar-refractivity contribution in [1.82, 2.24) is 10.2 Å². The van der Waals surface area contributed by atoms with Crippen LogP contribution in [0.25, 0.3) is 0 Å². The molecule has 0 saturated carbocycles. The zero-order chi connectivity index (χ0) is 15.4. The topological polar surface area (TPSA) is 62.6 Å². The zero-order valence-electron chi connectivity index (χ0n) is 12.3. The van der Waals surface area contributed by atoms with E-state index in [0.717, 1.165) is 5.76 Å². The predicted octanol–water partition coefficient (Wildman–Crippen LogP) is 2.58. The van der Waals surface area contributed by atoms with E-state index in [1.807, 2.05) is 31.1 Å². The molecule has 1 N–H and O–H groups in total. The molecular weight excluding hydrogens is 288 g/mol. The molecule has 1 amide bonds. The highest BCUT2D eigenvalue weighted by atomic mass is 32.1. The first-order valence-electron chi connectivity index (χ1n) is 6.58. The molecule has 112 valence electrons. The molecular formula is C15H18N2O3S. The number of ketones is 1. The summed E-state index contributed by atoms with van der Waals surface area (Å²) < 4.78 is 5.40. The first-order chi connectivity index (χ1) is 9.99. The Bertz CT molecular complexity index is 617. The molecule has 2 rings (SSSR count). The molecule has 21 heavy (non-hydrogen) atoms. The van der Waals surface area contributed by atoms with Gasteiger partial charge in [0.05, 0.1) is 22.1 Å². The lowest BCUT2D eigenvalue weighted by Crippen LogP contribution is -2.34. The fourth-order valence-electron chi connectivity index (χ4n) is 1.94. The summed E-state index contributed by atoms with van der Waals surface area (Å²) in [6, 6.07) is 7.03. The van der Waals surface area contributed by atoms with Crippen LogP contribution in [0, 0.1) is 0 Å². The number of nitrogens with one attached hydrogen (secondary N) is 1. The molecule has 0 spiro atoms. The number of thiophene rings is 1. The number of Topliss-reactive ketones (excluding diaryl/α,β-unsaturated/α-hetero) is 1. The monoisotopic (exact) mass is 306 g/mol. The van der Waals surface area contributed by atoms with E-state index in [4.69, 9.17) is 4.42 Å². The molecule has 1 unspecified atom stereocenters. The van der Waals surface area contributed by atoms with Crippen molar-refractivity contribution in [3.8, 4) is 0 Å². The highest BCUT2D eigenvalue weighted by Crippen LogP contribution is 2.19. The van der Waals surface area contributed by atoms with Crippen LogP contribution >= 0.6 is 11.3 Å². The minimum atomic E-state index is -0.175. The Morgan fingerprint density at radius 1 is 1.29 bits per heavy atom. The van der Waals surface area contributed by atoms with Crippen LogP contribution in [0.2, 0.25) is 0 Å². The minimum Gasteiger partial charge on any atom is -0.468 e. The summed E-state index contributed by atoms with van der Waals surface area (Å²) in [5.74, 6) is 0.600. The first kappa shape index (κ1) is 15.5. The van der Waals surface area contributed by atoms with Crippen molar-refractivity contribution in [3.05, 3.63) is 46.0 Å². The first-order valence-corrected chi connectivity index (χ1v) is 7.39. The van der Waals surface area contributed by atoms with E-state index in [9.17, 15) is 9.59 Å². The van der Waals surface area contributed by atoms with E-state index in [1.54, 1.807) is 18.4 Å². The summed E-state index contributed by atoms with van der Waals surface area (Å²) in [5.41, 5.74) is 0. The molecule has 6 heteroatoms. The number of amides is 1. The lowest BCUT2D eigenvalue weighted by atomic mass is 10.2. The highest BCUT2D eigenvalue weighted by Gasteiger charge is 2.19. The number of hydrogen-bond acceptors (Lipinski definition) is 5. The van der Waals surface area contributed by atoms with Gasteiger partial charge in [-0.2, -0.15) is 0 Å². The van der Waals surface area contributed by atoms with Gasteiger partial charge in [0.1, 0.15) is 5.76 Å². The van der Waals surface area contributed by atoms with E-state index in [1.165, 1.54) is 18.3 Å². The van der Waals surface area contributed by atoms with Gasteiger partial charge in [-0.1, -0.05) is 0 Å². The molecule has 0 radical (unpaired) electrons. The number of hydrogen-bond donors (Lipinski definition) is 1. The fourth-order valence-corrected chi connectivity index (χ4v) is 2.76. The Morgan fingerprint density at radius 3 is 2.52 bits per heavy atom. The molecule has 5 nitrogen and oxygen atoms in total. The lowest BCUT2D eigenvalue weighted by molar-refractivity contribution is 0.0942. The normalized spacial score (nSPS) is 12.4. The summed E-state index contributed by atoms with van der Waals surface area (Å²) >= 11 is 1.21. The standard InChI is InChI=1S/C15H18N2O3S/c1-10(18)13-6-7-14(21-13)15(19)16-9-11(17(2)3)12-5-4-8-20-12/h4-8,11H,9H2,1-3H3,(H,16,19). The van der Waals surface area contributed by atoms with Crippen LogP contribution in [0.3, 0.4) is 0 Å². The number of carbonyl (C=O) groups excluding carboxylic acids is 2. The van der Waals surface area contributed by atoms with Gasteiger partial charge in [-0.3, -0.25) is 14.5 Å². The quantitative estimate of drug-likeness (QED) is 0.833. The molecule has 0 aromatic carbocycles. The Morgan fingerprint density at radius 2 is 2.00 bits per heavy atom. The Labute approximate surface area is 127 Å². The van der Waals surface area contributed by atoms with Crippen LogP contribution in [0.15, 0.2) is 34.9 Å². The Kier molecular flexibility index (Phi) is 4.93. The van der Waals surface area contributed by atoms with Crippen molar-refractivity contribution < 1.29 is 14.0 Å². The molecule has 1 atom stereocenters. The third-order valence-electron chi connectivity index (χ3n) is 3.13. The maximum Gasteiger partial charge on any atom is 0.261 e. The number of likely N-dealkylation sites (N-methyl/N-ethyl adjacent to an activating group) is 1. The van der Waals surface area contributed by atoms with Gasteiger partial charge in [0.25, 0.3) is 5.91 Å². The maximum absolute atomic E-state index is 12.1. The van der Waals surface area contributed by atoms with Crippen molar-refractivity contribution in [2.45, 2.75) is 13.0 Å². The molecule has 2 aromatic rings. The summed E-state index contributed by atoms with van der Waals surface area (Å²) in [7, 11) is 3.86. The molecule has 0 fully saturated rings. The van der Waals surface area contributed by atoms with Crippen LogP contribution in [0.5, 0.6) is 0 Å². The number of rotatable bonds is 6. The van der Waals surface area contributed by atoms with Crippen molar-refractivity contribution in [2.24, 2.45) is 0 Å². The third kappa shape index (κ3) is 3.80. The smallest absolute Gasteiger partial charge is 0.261 e. The second-order valence-electron chi connectivity index (χ2n) is 4.92. The van der Waals surface area contributed by atoms with Gasteiger partial charge in [0, 0.05) is 6.54 Å². The minimum absolute atomic E-state index is 0.0270. The summed E-state index contributed by atoms with van der Waals surface area (Å²) in [6.07, 6.45) is 1.62. The Balaban J connectivity index is 2.00. The number of nitrogens with zero attached hydrogens (tertiary/aromatic N) is 1. The summed E-state index contributed by atoms with van der Waals surface area (Å²) in [6.45, 7) is 1.93. The summed E-state index contributed by atoms with van der Waals surface area (Å²) in [4.78, 5) is 26.5. The Hall–Kier alpha value is -1.92. The van der Waals surface area contributed by atoms with Crippen molar-refractivity contribution in [2.75, 3.05) is 20.6 Å². The van der Waals surface area contributed by atoms with Crippen molar-refractivity contribution >= 4 is 23.0 Å². The van der Waals surface area contributed by atoms with Gasteiger partial charge in [-0.25, -0.2) is 0 Å². The van der Waals surface area contributed by atoms with Crippen LogP contribution in [-0.4, -0.2) is 37.2 Å². The molecule has 0 aliphatic rings. The molecule has 0 saturated heterocycles. The van der Waals surface area contributed by atoms with Gasteiger partial charge in [0.15, 0.2) is 5.78 Å². The van der Waals surface area contributed by atoms with Crippen LogP contribution in [0.1, 0.15) is 38.1 Å². The summed E-state index contributed by atoms with van der Waals surface area (Å²) in [5, 5.41) is 2.88. The largest absolute Gasteiger partial charge is 0.468 e. The van der Waals surface area contributed by atoms with Crippen molar-refractivity contribution in [1.29, 1.82) is 0 Å². The van der Waals surface area contributed by atoms with Crippen LogP contribution in [0.4, 0.5) is 0 Å². The van der Waals surface area contributed by atoms with E-state index >= 15 is 0 Å². The number of furan rings is 1. The second-order valence-corrected chi connectivity index (χ2v) is 6.01. The third-order valence-corrected chi connectivity index (χ3v) is 4.31. The molecule has 0 aliphatic carbocycles. The van der Waals surface area contributed by atoms with E-state index in [-0.39, 0.29) is 17.7 Å². The predicted molar refractivity (Wildman–Crippen MR) is 81.8 cm³/mol. The zero-order valence-corrected chi connectivity index (χ0v) is 13.1. The lowest BCUT2D eigenvalue weighted by Gasteiger charge is -2.22. The van der Waals surface area contributed by atoms with Crippen LogP contribution in [-0.2, 0) is 0 Å². The average Bonchev–Trinajstić information content (AvgIpc) is 3.09.